The molecular weight excluding hydrogens is 767 g/mol. The molecule has 0 saturated heterocycles. The van der Waals surface area contributed by atoms with Crippen molar-refractivity contribution in [3.05, 3.63) is 224 Å². The number of para-hydroxylation sites is 4. The van der Waals surface area contributed by atoms with Crippen LogP contribution in [0.5, 0.6) is 0 Å². The molecule has 12 rings (SSSR count). The van der Waals surface area contributed by atoms with Crippen molar-refractivity contribution in [3.63, 3.8) is 0 Å². The van der Waals surface area contributed by atoms with Gasteiger partial charge in [0.05, 0.1) is 27.8 Å². The highest BCUT2D eigenvalue weighted by Gasteiger charge is 2.22. The summed E-state index contributed by atoms with van der Waals surface area (Å²) in [6.07, 6.45) is 0. The molecule has 0 amide bonds. The van der Waals surface area contributed by atoms with Crippen LogP contribution in [0.4, 0.5) is 0 Å². The first-order chi connectivity index (χ1) is 31.2. The van der Waals surface area contributed by atoms with Crippen LogP contribution < -0.4 is 0 Å². The van der Waals surface area contributed by atoms with Crippen molar-refractivity contribution >= 4 is 43.6 Å². The molecule has 0 bridgehead atoms. The number of fused-ring (bicyclic) bond motifs is 6. The van der Waals surface area contributed by atoms with Crippen LogP contribution in [0.2, 0.25) is 0 Å². The topological polar surface area (TPSA) is 48.5 Å². The van der Waals surface area contributed by atoms with Crippen molar-refractivity contribution in [1.82, 2.24) is 24.1 Å². The smallest absolute Gasteiger partial charge is 0.164 e. The van der Waals surface area contributed by atoms with Gasteiger partial charge >= 0.3 is 0 Å². The molecule has 0 aliphatic carbocycles. The SMILES string of the molecule is Cc1ccc(-c2nc(-c3ccc(-c4ccccc4)cc3)nc(-c3cc(-n4c5ccccc5c5cccc(-n6c7ccccc7c7ccccc76)c54)ccc3-c3ccccc3)n2)cc1. The Kier molecular flexibility index (Phi) is 8.64. The van der Waals surface area contributed by atoms with Crippen LogP contribution in [0, 0.1) is 6.92 Å². The van der Waals surface area contributed by atoms with Crippen molar-refractivity contribution < 1.29 is 0 Å². The average Bonchev–Trinajstić information content (AvgIpc) is 3.88. The number of aromatic nitrogens is 5. The van der Waals surface area contributed by atoms with Gasteiger partial charge in [0.15, 0.2) is 17.5 Å². The van der Waals surface area contributed by atoms with Gasteiger partial charge < -0.3 is 9.13 Å². The van der Waals surface area contributed by atoms with E-state index < -0.39 is 0 Å². The second-order valence-corrected chi connectivity index (χ2v) is 16.1. The third kappa shape index (κ3) is 6.21. The van der Waals surface area contributed by atoms with Gasteiger partial charge in [-0.3, -0.25) is 0 Å². The maximum Gasteiger partial charge on any atom is 0.164 e. The quantitative estimate of drug-likeness (QED) is 0.161. The van der Waals surface area contributed by atoms with Gasteiger partial charge in [0, 0.05) is 43.9 Å². The average molecular weight is 806 g/mol. The highest BCUT2D eigenvalue weighted by Crippen LogP contribution is 2.41. The van der Waals surface area contributed by atoms with E-state index in [0.29, 0.717) is 17.5 Å². The number of nitrogens with zero attached hydrogens (tertiary/aromatic N) is 5. The van der Waals surface area contributed by atoms with E-state index in [4.69, 9.17) is 15.0 Å². The molecule has 12 aromatic rings. The number of aryl methyl sites for hydroxylation is 1. The van der Waals surface area contributed by atoms with Crippen LogP contribution in [0.25, 0.3) is 111 Å². The lowest BCUT2D eigenvalue weighted by Crippen LogP contribution is -2.03. The van der Waals surface area contributed by atoms with Gasteiger partial charge in [0.1, 0.15) is 0 Å². The normalized spacial score (nSPS) is 11.6. The largest absolute Gasteiger partial charge is 0.307 e. The van der Waals surface area contributed by atoms with Gasteiger partial charge in [-0.1, -0.05) is 188 Å². The number of benzene rings is 9. The summed E-state index contributed by atoms with van der Waals surface area (Å²) in [5.41, 5.74) is 15.1. The molecule has 3 heterocycles. The third-order valence-corrected chi connectivity index (χ3v) is 12.3. The monoisotopic (exact) mass is 805 g/mol. The number of hydrogen-bond acceptors (Lipinski definition) is 3. The lowest BCUT2D eigenvalue weighted by molar-refractivity contribution is 1.07. The molecule has 0 N–H and O–H groups in total. The molecule has 5 nitrogen and oxygen atoms in total. The fraction of sp³-hybridized carbons (Fsp3) is 0.0172. The van der Waals surface area contributed by atoms with Crippen LogP contribution in [-0.2, 0) is 0 Å². The van der Waals surface area contributed by atoms with Gasteiger partial charge in [0.2, 0.25) is 0 Å². The highest BCUT2D eigenvalue weighted by molar-refractivity contribution is 6.15. The molecule has 0 saturated carbocycles. The molecule has 0 spiro atoms. The van der Waals surface area contributed by atoms with Crippen molar-refractivity contribution in [2.75, 3.05) is 0 Å². The second kappa shape index (κ2) is 14.9. The first kappa shape index (κ1) is 36.4. The molecule has 9 aromatic carbocycles. The van der Waals surface area contributed by atoms with Crippen LogP contribution in [0.1, 0.15) is 5.56 Å². The van der Waals surface area contributed by atoms with Gasteiger partial charge in [-0.15, -0.1) is 0 Å². The standard InChI is InChI=1S/C58H39N5/c1-38-27-29-42(30-28-38)56-59-57(43-33-31-40(32-34-43)39-15-4-2-5-16-39)61-58(60-56)50-37-44(35-36-45(50)41-17-6-3-7-18-41)62-51-23-11-10-21-48(51)49-22-14-26-54(55(49)62)63-52-24-12-8-19-46(52)47-20-9-13-25-53(47)63/h2-37H,1H3. The zero-order chi connectivity index (χ0) is 41.9. The predicted octanol–water partition coefficient (Wildman–Crippen LogP) is 14.7. The van der Waals surface area contributed by atoms with E-state index in [-0.39, 0.29) is 0 Å². The van der Waals surface area contributed by atoms with E-state index in [0.717, 1.165) is 61.4 Å². The first-order valence-corrected chi connectivity index (χ1v) is 21.4. The van der Waals surface area contributed by atoms with Gasteiger partial charge in [-0.25, -0.2) is 15.0 Å². The minimum atomic E-state index is 0.604. The molecule has 3 aromatic heterocycles. The second-order valence-electron chi connectivity index (χ2n) is 16.1. The fourth-order valence-corrected chi connectivity index (χ4v) is 9.26. The maximum atomic E-state index is 5.34. The third-order valence-electron chi connectivity index (χ3n) is 12.3. The molecule has 0 radical (unpaired) electrons. The zero-order valence-electron chi connectivity index (χ0n) is 34.5. The minimum absolute atomic E-state index is 0.604. The summed E-state index contributed by atoms with van der Waals surface area (Å²) in [5.74, 6) is 1.84. The Hall–Kier alpha value is -8.41. The number of hydrogen-bond donors (Lipinski definition) is 0. The molecule has 63 heavy (non-hydrogen) atoms. The van der Waals surface area contributed by atoms with E-state index in [2.05, 4.69) is 228 Å². The zero-order valence-corrected chi connectivity index (χ0v) is 34.5. The first-order valence-electron chi connectivity index (χ1n) is 21.4. The van der Waals surface area contributed by atoms with Crippen LogP contribution in [0.15, 0.2) is 218 Å². The van der Waals surface area contributed by atoms with E-state index in [1.807, 2.05) is 6.07 Å². The fourth-order valence-electron chi connectivity index (χ4n) is 9.26. The number of rotatable bonds is 7. The van der Waals surface area contributed by atoms with Crippen LogP contribution >= 0.6 is 0 Å². The molecule has 0 fully saturated rings. The summed E-state index contributed by atoms with van der Waals surface area (Å²) in [4.78, 5) is 15.8. The Bertz CT molecular complexity index is 3610. The summed E-state index contributed by atoms with van der Waals surface area (Å²) in [5, 5.41) is 4.83. The summed E-state index contributed by atoms with van der Waals surface area (Å²) < 4.78 is 4.85. The van der Waals surface area contributed by atoms with Gasteiger partial charge in [-0.05, 0) is 65.6 Å². The summed E-state index contributed by atoms with van der Waals surface area (Å²) in [6.45, 7) is 2.10. The maximum absolute atomic E-state index is 5.34. The van der Waals surface area contributed by atoms with Crippen molar-refractivity contribution in [3.8, 4) is 67.8 Å². The van der Waals surface area contributed by atoms with E-state index in [1.165, 1.54) is 38.1 Å². The van der Waals surface area contributed by atoms with Crippen LogP contribution in [0.3, 0.4) is 0 Å². The van der Waals surface area contributed by atoms with Gasteiger partial charge in [0.25, 0.3) is 0 Å². The molecule has 0 aliphatic rings. The van der Waals surface area contributed by atoms with Gasteiger partial charge in [-0.2, -0.15) is 0 Å². The summed E-state index contributed by atoms with van der Waals surface area (Å²) in [6, 6.07) is 77.5. The molecule has 5 heteroatoms. The Labute approximate surface area is 364 Å². The minimum Gasteiger partial charge on any atom is -0.307 e. The Morgan fingerprint density at radius 2 is 0.778 bits per heavy atom. The van der Waals surface area contributed by atoms with Crippen LogP contribution in [-0.4, -0.2) is 24.1 Å². The van der Waals surface area contributed by atoms with Crippen molar-refractivity contribution in [1.29, 1.82) is 0 Å². The molecule has 0 unspecified atom stereocenters. The van der Waals surface area contributed by atoms with E-state index in [9.17, 15) is 0 Å². The molecule has 0 atom stereocenters. The Balaban J connectivity index is 1.12. The molecule has 296 valence electrons. The van der Waals surface area contributed by atoms with E-state index in [1.54, 1.807) is 0 Å². The predicted molar refractivity (Wildman–Crippen MR) is 260 cm³/mol. The summed E-state index contributed by atoms with van der Waals surface area (Å²) in [7, 11) is 0. The lowest BCUT2D eigenvalue weighted by Gasteiger charge is -2.17. The molecule has 0 aliphatic heterocycles. The highest BCUT2D eigenvalue weighted by atomic mass is 15.1. The summed E-state index contributed by atoms with van der Waals surface area (Å²) >= 11 is 0. The van der Waals surface area contributed by atoms with Crippen molar-refractivity contribution in [2.24, 2.45) is 0 Å². The Morgan fingerprint density at radius 3 is 1.40 bits per heavy atom. The van der Waals surface area contributed by atoms with E-state index >= 15 is 0 Å². The Morgan fingerprint density at radius 1 is 0.317 bits per heavy atom. The molecular formula is C58H39N5. The lowest BCUT2D eigenvalue weighted by atomic mass is 9.98. The van der Waals surface area contributed by atoms with Crippen molar-refractivity contribution in [2.45, 2.75) is 6.92 Å².